The van der Waals surface area contributed by atoms with E-state index in [1.807, 2.05) is 6.92 Å². The molecule has 1 aromatic heterocycles. The van der Waals surface area contributed by atoms with E-state index in [1.165, 1.54) is 0 Å². The van der Waals surface area contributed by atoms with Crippen LogP contribution in [-0.2, 0) is 11.3 Å². The van der Waals surface area contributed by atoms with Crippen molar-refractivity contribution < 1.29 is 13.9 Å². The van der Waals surface area contributed by atoms with Crippen LogP contribution in [0.1, 0.15) is 36.1 Å². The monoisotopic (exact) mass is 238 g/mol. The van der Waals surface area contributed by atoms with Gasteiger partial charge in [-0.05, 0) is 31.9 Å². The Morgan fingerprint density at radius 2 is 2.35 bits per heavy atom. The van der Waals surface area contributed by atoms with Crippen LogP contribution >= 0.6 is 0 Å². The number of hydrogen-bond donors (Lipinski definition) is 2. The molecule has 0 aliphatic heterocycles. The lowest BCUT2D eigenvalue weighted by Crippen LogP contribution is -2.47. The molecule has 17 heavy (non-hydrogen) atoms. The van der Waals surface area contributed by atoms with Crippen LogP contribution in [-0.4, -0.2) is 24.7 Å². The second-order valence-electron chi connectivity index (χ2n) is 4.19. The zero-order valence-electron chi connectivity index (χ0n) is 9.94. The first-order valence-corrected chi connectivity index (χ1v) is 5.94. The van der Waals surface area contributed by atoms with Crippen LogP contribution in [0.5, 0.6) is 0 Å². The molecular formula is C12H18N2O3. The van der Waals surface area contributed by atoms with Gasteiger partial charge in [0.2, 0.25) is 0 Å². The quantitative estimate of drug-likeness (QED) is 0.803. The van der Waals surface area contributed by atoms with Gasteiger partial charge in [-0.3, -0.25) is 4.79 Å². The topological polar surface area (TPSA) is 77.5 Å². The molecule has 1 heterocycles. The summed E-state index contributed by atoms with van der Waals surface area (Å²) in [6.45, 7) is 3.01. The van der Waals surface area contributed by atoms with Gasteiger partial charge in [0.15, 0.2) is 5.76 Å². The summed E-state index contributed by atoms with van der Waals surface area (Å²) in [6.07, 6.45) is 2.05. The third kappa shape index (κ3) is 2.87. The molecule has 0 atom stereocenters. The second kappa shape index (κ2) is 5.33. The molecule has 0 aromatic carbocycles. The number of carbonyl (C=O) groups is 1. The Bertz CT molecular complexity index is 383. The predicted molar refractivity (Wildman–Crippen MR) is 62.5 cm³/mol. The third-order valence-corrected chi connectivity index (χ3v) is 2.92. The highest BCUT2D eigenvalue weighted by molar-refractivity contribution is 5.91. The van der Waals surface area contributed by atoms with Gasteiger partial charge in [0, 0.05) is 12.6 Å². The van der Waals surface area contributed by atoms with Crippen LogP contribution in [0.25, 0.3) is 0 Å². The number of nitrogens with one attached hydrogen (secondary N) is 1. The van der Waals surface area contributed by atoms with Gasteiger partial charge >= 0.3 is 0 Å². The van der Waals surface area contributed by atoms with Gasteiger partial charge in [-0.25, -0.2) is 0 Å². The minimum Gasteiger partial charge on any atom is -0.455 e. The Hall–Kier alpha value is -1.33. The van der Waals surface area contributed by atoms with E-state index in [1.54, 1.807) is 12.1 Å². The molecule has 1 aliphatic rings. The van der Waals surface area contributed by atoms with E-state index in [2.05, 4.69) is 5.32 Å². The number of furan rings is 1. The molecule has 1 saturated carbocycles. The smallest absolute Gasteiger partial charge is 0.287 e. The van der Waals surface area contributed by atoms with Crippen molar-refractivity contribution >= 4 is 5.91 Å². The molecule has 2 rings (SSSR count). The van der Waals surface area contributed by atoms with Crippen molar-refractivity contribution in [3.05, 3.63) is 23.7 Å². The Morgan fingerprint density at radius 3 is 2.94 bits per heavy atom. The van der Waals surface area contributed by atoms with E-state index in [4.69, 9.17) is 14.9 Å². The maximum Gasteiger partial charge on any atom is 0.287 e. The van der Waals surface area contributed by atoms with Gasteiger partial charge in [0.05, 0.1) is 12.6 Å². The summed E-state index contributed by atoms with van der Waals surface area (Å²) < 4.78 is 10.7. The maximum absolute atomic E-state index is 11.8. The van der Waals surface area contributed by atoms with E-state index in [-0.39, 0.29) is 11.9 Å². The first-order chi connectivity index (χ1) is 8.22. The average molecular weight is 238 g/mol. The maximum atomic E-state index is 11.8. The second-order valence-corrected chi connectivity index (χ2v) is 4.19. The van der Waals surface area contributed by atoms with Crippen molar-refractivity contribution in [1.82, 2.24) is 5.32 Å². The molecule has 0 unspecified atom stereocenters. The van der Waals surface area contributed by atoms with Gasteiger partial charge < -0.3 is 20.2 Å². The number of rotatable bonds is 5. The SMILES string of the molecule is CCOC1CC(NC(=O)c2ccc(CN)o2)C1. The number of amides is 1. The molecule has 1 aromatic rings. The molecule has 5 heteroatoms. The van der Waals surface area contributed by atoms with E-state index >= 15 is 0 Å². The van der Waals surface area contributed by atoms with E-state index in [9.17, 15) is 4.79 Å². The standard InChI is InChI=1S/C12H18N2O3/c1-2-16-10-5-8(6-10)14-12(15)11-4-3-9(7-13)17-11/h3-4,8,10H,2,5-7,13H2,1H3,(H,14,15). The first kappa shape index (κ1) is 12.1. The van der Waals surface area contributed by atoms with E-state index < -0.39 is 0 Å². The van der Waals surface area contributed by atoms with Crippen molar-refractivity contribution in [2.24, 2.45) is 5.73 Å². The van der Waals surface area contributed by atoms with Crippen molar-refractivity contribution in [3.8, 4) is 0 Å². The van der Waals surface area contributed by atoms with E-state index in [0.29, 0.717) is 24.2 Å². The fourth-order valence-corrected chi connectivity index (χ4v) is 1.92. The van der Waals surface area contributed by atoms with Crippen molar-refractivity contribution in [1.29, 1.82) is 0 Å². The summed E-state index contributed by atoms with van der Waals surface area (Å²) in [5.74, 6) is 0.769. The first-order valence-electron chi connectivity index (χ1n) is 5.94. The summed E-state index contributed by atoms with van der Waals surface area (Å²) in [5.41, 5.74) is 5.41. The normalized spacial score (nSPS) is 23.2. The molecule has 0 bridgehead atoms. The fourth-order valence-electron chi connectivity index (χ4n) is 1.92. The largest absolute Gasteiger partial charge is 0.455 e. The molecular weight excluding hydrogens is 220 g/mol. The minimum absolute atomic E-state index is 0.176. The van der Waals surface area contributed by atoms with E-state index in [0.717, 1.165) is 19.4 Å². The Morgan fingerprint density at radius 1 is 1.59 bits per heavy atom. The number of nitrogens with two attached hydrogens (primary N) is 1. The molecule has 1 amide bonds. The highest BCUT2D eigenvalue weighted by Crippen LogP contribution is 2.23. The van der Waals surface area contributed by atoms with Crippen LogP contribution in [0.3, 0.4) is 0 Å². The Balaban J connectivity index is 1.78. The average Bonchev–Trinajstić information content (AvgIpc) is 2.74. The molecule has 3 N–H and O–H groups in total. The highest BCUT2D eigenvalue weighted by atomic mass is 16.5. The lowest BCUT2D eigenvalue weighted by molar-refractivity contribution is -0.00886. The molecule has 0 radical (unpaired) electrons. The van der Waals surface area contributed by atoms with Crippen LogP contribution in [0, 0.1) is 0 Å². The van der Waals surface area contributed by atoms with Gasteiger partial charge in [-0.15, -0.1) is 0 Å². The fraction of sp³-hybridized carbons (Fsp3) is 0.583. The summed E-state index contributed by atoms with van der Waals surface area (Å²) in [6, 6.07) is 3.57. The lowest BCUT2D eigenvalue weighted by Gasteiger charge is -2.35. The minimum atomic E-state index is -0.176. The van der Waals surface area contributed by atoms with Crippen LogP contribution in [0.2, 0.25) is 0 Å². The molecule has 1 aliphatic carbocycles. The summed E-state index contributed by atoms with van der Waals surface area (Å²) in [4.78, 5) is 11.8. The number of carbonyl (C=O) groups excluding carboxylic acids is 1. The summed E-state index contributed by atoms with van der Waals surface area (Å²) in [7, 11) is 0. The van der Waals surface area contributed by atoms with Crippen molar-refractivity contribution in [2.45, 2.75) is 38.5 Å². The molecule has 1 fully saturated rings. The van der Waals surface area contributed by atoms with Crippen LogP contribution in [0.15, 0.2) is 16.5 Å². The molecule has 0 spiro atoms. The van der Waals surface area contributed by atoms with Gasteiger partial charge in [-0.1, -0.05) is 0 Å². The summed E-state index contributed by atoms with van der Waals surface area (Å²) in [5, 5.41) is 2.90. The van der Waals surface area contributed by atoms with Crippen LogP contribution in [0.4, 0.5) is 0 Å². The molecule has 5 nitrogen and oxygen atoms in total. The number of ether oxygens (including phenoxy) is 1. The molecule has 0 saturated heterocycles. The lowest BCUT2D eigenvalue weighted by atomic mass is 9.89. The van der Waals surface area contributed by atoms with Crippen LogP contribution < -0.4 is 11.1 Å². The molecule has 94 valence electrons. The van der Waals surface area contributed by atoms with Gasteiger partial charge in [0.25, 0.3) is 5.91 Å². The predicted octanol–water partition coefficient (Wildman–Crippen LogP) is 1.04. The van der Waals surface area contributed by atoms with Gasteiger partial charge in [-0.2, -0.15) is 0 Å². The number of hydrogen-bond acceptors (Lipinski definition) is 4. The Kier molecular flexibility index (Phi) is 3.81. The van der Waals surface area contributed by atoms with Crippen molar-refractivity contribution in [2.75, 3.05) is 6.61 Å². The third-order valence-electron chi connectivity index (χ3n) is 2.92. The zero-order valence-corrected chi connectivity index (χ0v) is 9.94. The highest BCUT2D eigenvalue weighted by Gasteiger charge is 2.31. The Labute approximate surface area is 100 Å². The summed E-state index contributed by atoms with van der Waals surface area (Å²) >= 11 is 0. The van der Waals surface area contributed by atoms with Gasteiger partial charge in [0.1, 0.15) is 5.76 Å². The van der Waals surface area contributed by atoms with Crippen molar-refractivity contribution in [3.63, 3.8) is 0 Å². The zero-order chi connectivity index (χ0) is 12.3.